The third kappa shape index (κ3) is 1.74. The first kappa shape index (κ1) is 11.2. The maximum Gasteiger partial charge on any atom is 0.368 e. The van der Waals surface area contributed by atoms with Gasteiger partial charge >= 0.3 is 5.69 Å². The Bertz CT molecular complexity index is 623. The van der Waals surface area contributed by atoms with Crippen molar-refractivity contribution >= 4 is 11.0 Å². The van der Waals surface area contributed by atoms with Crippen LogP contribution in [0.25, 0.3) is 11.0 Å². The second-order valence-electron chi connectivity index (χ2n) is 4.49. The van der Waals surface area contributed by atoms with E-state index in [0.717, 1.165) is 25.0 Å². The highest BCUT2D eigenvalue weighted by Gasteiger charge is 2.21. The van der Waals surface area contributed by atoms with Gasteiger partial charge in [-0.15, -0.1) is 0 Å². The highest BCUT2D eigenvalue weighted by molar-refractivity contribution is 5.73. The van der Waals surface area contributed by atoms with Crippen molar-refractivity contribution in [2.24, 2.45) is 0 Å². The van der Waals surface area contributed by atoms with Gasteiger partial charge in [0.25, 0.3) is 0 Å². The summed E-state index contributed by atoms with van der Waals surface area (Å²) in [5.41, 5.74) is 0.404. The monoisotopic (exact) mass is 245 g/mol. The first-order valence-electron chi connectivity index (χ1n) is 6.08. The molecular weight excluding hydrogens is 230 g/mol. The number of fused-ring (bicyclic) bond motifs is 1. The summed E-state index contributed by atoms with van der Waals surface area (Å²) >= 11 is 0. The number of nitrogens with one attached hydrogen (secondary N) is 1. The van der Waals surface area contributed by atoms with Crippen LogP contribution in [0.5, 0.6) is 0 Å². The first-order chi connectivity index (χ1) is 8.77. The number of hydrogen-bond acceptors (Lipinski definition) is 5. The van der Waals surface area contributed by atoms with Crippen LogP contribution in [0.4, 0.5) is 0 Å². The number of piperazine rings is 1. The van der Waals surface area contributed by atoms with Crippen molar-refractivity contribution in [2.45, 2.75) is 13.0 Å². The smallest absolute Gasteiger partial charge is 0.313 e. The summed E-state index contributed by atoms with van der Waals surface area (Å²) in [6.45, 7) is 4.58. The van der Waals surface area contributed by atoms with E-state index in [9.17, 15) is 4.79 Å². The van der Waals surface area contributed by atoms with Crippen LogP contribution in [-0.2, 0) is 0 Å². The Labute approximate surface area is 104 Å². The van der Waals surface area contributed by atoms with Gasteiger partial charge in [0, 0.05) is 37.4 Å². The van der Waals surface area contributed by atoms with Crippen LogP contribution in [0, 0.1) is 0 Å². The fourth-order valence-electron chi connectivity index (χ4n) is 2.32. The Morgan fingerprint density at radius 1 is 1.44 bits per heavy atom. The number of hydrogen-bond donors (Lipinski definition) is 1. The van der Waals surface area contributed by atoms with Crippen LogP contribution in [0.15, 0.2) is 29.3 Å². The molecule has 3 rings (SSSR count). The molecule has 0 saturated carbocycles. The lowest BCUT2D eigenvalue weighted by Crippen LogP contribution is -2.58. The highest BCUT2D eigenvalue weighted by Crippen LogP contribution is 2.09. The van der Waals surface area contributed by atoms with Crippen LogP contribution < -0.4 is 16.0 Å². The molecule has 0 spiro atoms. The third-order valence-corrected chi connectivity index (χ3v) is 3.24. The van der Waals surface area contributed by atoms with Crippen LogP contribution >= 0.6 is 0 Å². The third-order valence-electron chi connectivity index (χ3n) is 3.24. The fraction of sp³-hybridized carbons (Fsp3) is 0.417. The Morgan fingerprint density at radius 3 is 3.17 bits per heavy atom. The van der Waals surface area contributed by atoms with E-state index in [1.807, 2.05) is 17.1 Å². The topological polar surface area (TPSA) is 63.0 Å². The van der Waals surface area contributed by atoms with Crippen molar-refractivity contribution in [3.8, 4) is 0 Å². The molecule has 1 atom stereocenters. The van der Waals surface area contributed by atoms with E-state index in [2.05, 4.69) is 22.2 Å². The molecule has 0 radical (unpaired) electrons. The molecule has 1 N–H and O–H groups in total. The van der Waals surface area contributed by atoms with Gasteiger partial charge in [-0.3, -0.25) is 0 Å². The lowest BCUT2D eigenvalue weighted by atomic mass is 10.2. The normalized spacial score (nSPS) is 20.3. The van der Waals surface area contributed by atoms with Crippen molar-refractivity contribution < 1.29 is 0 Å². The zero-order valence-corrected chi connectivity index (χ0v) is 10.2. The molecule has 0 amide bonds. The summed E-state index contributed by atoms with van der Waals surface area (Å²) in [7, 11) is 0. The molecule has 0 aliphatic carbocycles. The van der Waals surface area contributed by atoms with Gasteiger partial charge in [-0.2, -0.15) is 9.66 Å². The van der Waals surface area contributed by atoms with Gasteiger partial charge in [-0.05, 0) is 19.1 Å². The van der Waals surface area contributed by atoms with Gasteiger partial charge in [-0.1, -0.05) is 0 Å². The summed E-state index contributed by atoms with van der Waals surface area (Å²) < 4.78 is 1.60. The van der Waals surface area contributed by atoms with E-state index in [1.54, 1.807) is 17.1 Å². The molecule has 1 unspecified atom stereocenters. The molecule has 94 valence electrons. The summed E-state index contributed by atoms with van der Waals surface area (Å²) in [6.07, 6.45) is 3.28. The number of rotatable bonds is 1. The van der Waals surface area contributed by atoms with E-state index in [-0.39, 0.29) is 11.7 Å². The van der Waals surface area contributed by atoms with Crippen LogP contribution in [0.1, 0.15) is 6.92 Å². The lowest BCUT2D eigenvalue weighted by Gasteiger charge is -2.36. The number of aromatic nitrogens is 3. The number of pyridine rings is 1. The molecule has 2 aromatic rings. The summed E-state index contributed by atoms with van der Waals surface area (Å²) in [5, 5.41) is 6.21. The first-order valence-corrected chi connectivity index (χ1v) is 6.08. The Morgan fingerprint density at radius 2 is 2.33 bits per heavy atom. The minimum Gasteiger partial charge on any atom is -0.313 e. The Balaban J connectivity index is 2.20. The largest absolute Gasteiger partial charge is 0.368 e. The van der Waals surface area contributed by atoms with Gasteiger partial charge in [-0.25, -0.2) is 9.78 Å². The Kier molecular flexibility index (Phi) is 2.71. The average Bonchev–Trinajstić information content (AvgIpc) is 2.40. The molecule has 3 heterocycles. The summed E-state index contributed by atoms with van der Waals surface area (Å²) in [4.78, 5) is 20.3. The van der Waals surface area contributed by atoms with Crippen LogP contribution in [0.3, 0.4) is 0 Å². The molecule has 18 heavy (non-hydrogen) atoms. The average molecular weight is 245 g/mol. The quantitative estimate of drug-likeness (QED) is 0.748. The molecule has 6 nitrogen and oxygen atoms in total. The minimum atomic E-state index is -0.269. The predicted octanol–water partition coefficient (Wildman–Crippen LogP) is -0.279. The van der Waals surface area contributed by atoms with Crippen molar-refractivity contribution in [3.05, 3.63) is 35.0 Å². The molecule has 0 aromatic carbocycles. The molecule has 6 heteroatoms. The molecule has 0 bridgehead atoms. The molecule has 2 aromatic heterocycles. The van der Waals surface area contributed by atoms with Gasteiger partial charge in [0.1, 0.15) is 0 Å². The molecular formula is C12H15N5O. The summed E-state index contributed by atoms with van der Waals surface area (Å²) in [5.74, 6) is 0. The van der Waals surface area contributed by atoms with Crippen molar-refractivity contribution in [2.75, 3.05) is 24.6 Å². The molecule has 1 fully saturated rings. The van der Waals surface area contributed by atoms with Gasteiger partial charge < -0.3 is 10.3 Å². The number of nitrogens with zero attached hydrogens (tertiary/aromatic N) is 4. The van der Waals surface area contributed by atoms with Crippen molar-refractivity contribution in [1.29, 1.82) is 0 Å². The zero-order chi connectivity index (χ0) is 12.5. The van der Waals surface area contributed by atoms with Gasteiger partial charge in [0.2, 0.25) is 0 Å². The highest BCUT2D eigenvalue weighted by atomic mass is 16.2. The summed E-state index contributed by atoms with van der Waals surface area (Å²) in [6, 6.07) is 4.00. The predicted molar refractivity (Wildman–Crippen MR) is 69.2 cm³/mol. The SMILES string of the molecule is CC1CNCCN1n1c(=O)ncc2cccnc21. The Hall–Kier alpha value is -1.95. The second kappa shape index (κ2) is 4.38. The van der Waals surface area contributed by atoms with E-state index in [0.29, 0.717) is 5.65 Å². The van der Waals surface area contributed by atoms with E-state index in [1.165, 1.54) is 0 Å². The fourth-order valence-corrected chi connectivity index (χ4v) is 2.32. The van der Waals surface area contributed by atoms with Crippen LogP contribution in [-0.4, -0.2) is 40.3 Å². The van der Waals surface area contributed by atoms with Crippen molar-refractivity contribution in [1.82, 2.24) is 20.0 Å². The van der Waals surface area contributed by atoms with Gasteiger partial charge in [0.05, 0.1) is 6.04 Å². The zero-order valence-electron chi connectivity index (χ0n) is 10.2. The minimum absolute atomic E-state index is 0.242. The van der Waals surface area contributed by atoms with Gasteiger partial charge in [0.15, 0.2) is 5.65 Å². The van der Waals surface area contributed by atoms with Crippen LogP contribution in [0.2, 0.25) is 0 Å². The standard InChI is InChI=1S/C12H15N5O/c1-9-7-13-5-6-16(9)17-11-10(3-2-4-14-11)8-15-12(17)18/h2-4,8-9,13H,5-7H2,1H3. The van der Waals surface area contributed by atoms with E-state index < -0.39 is 0 Å². The second-order valence-corrected chi connectivity index (χ2v) is 4.49. The van der Waals surface area contributed by atoms with E-state index >= 15 is 0 Å². The lowest BCUT2D eigenvalue weighted by molar-refractivity contribution is 0.410. The van der Waals surface area contributed by atoms with E-state index in [4.69, 9.17) is 0 Å². The molecule has 1 aliphatic rings. The molecule has 1 aliphatic heterocycles. The maximum absolute atomic E-state index is 12.0. The molecule has 1 saturated heterocycles. The maximum atomic E-state index is 12.0. The van der Waals surface area contributed by atoms with Crippen molar-refractivity contribution in [3.63, 3.8) is 0 Å².